The lowest BCUT2D eigenvalue weighted by Crippen LogP contribution is -2.67. The molecule has 3 rings (SSSR count). The summed E-state index contributed by atoms with van der Waals surface area (Å²) in [6.45, 7) is 2.76. The zero-order valence-corrected chi connectivity index (χ0v) is 22.3. The van der Waals surface area contributed by atoms with Gasteiger partial charge in [0.2, 0.25) is 5.91 Å². The van der Waals surface area contributed by atoms with Crippen LogP contribution in [0.2, 0.25) is 0 Å². The van der Waals surface area contributed by atoms with Gasteiger partial charge in [0.05, 0.1) is 24.1 Å². The van der Waals surface area contributed by atoms with E-state index in [2.05, 4.69) is 10.6 Å². The van der Waals surface area contributed by atoms with E-state index < -0.39 is 71.8 Å². The molecule has 1 amide bonds. The Morgan fingerprint density at radius 3 is 2.10 bits per heavy atom. The van der Waals surface area contributed by atoms with Crippen LogP contribution in [0, 0.1) is 16.7 Å². The molecule has 220 valence electrons. The third-order valence-electron chi connectivity index (χ3n) is 7.42. The molecule has 3 N–H and O–H groups in total. The van der Waals surface area contributed by atoms with Crippen LogP contribution in [0.1, 0.15) is 58.4 Å². The summed E-state index contributed by atoms with van der Waals surface area (Å²) in [4.78, 5) is 13.1. The SMILES string of the molecule is CC(C)(F)C[C@H](NC(C(F)(F)F)C1([C@@](C)(O)CC(F)(F)F)C=CC(c2ccccc2)=CC1)C(=O)NC1(C#N)CC1. The summed E-state index contributed by atoms with van der Waals surface area (Å²) in [5, 5.41) is 24.9. The number of allylic oxidation sites excluding steroid dienone is 3. The van der Waals surface area contributed by atoms with E-state index in [0.717, 1.165) is 19.9 Å². The molecule has 0 spiro atoms. The molecule has 1 aromatic rings. The van der Waals surface area contributed by atoms with Gasteiger partial charge in [-0.05, 0) is 51.2 Å². The first-order valence-electron chi connectivity index (χ1n) is 12.7. The predicted octanol–water partition coefficient (Wildman–Crippen LogP) is 5.92. The largest absolute Gasteiger partial charge is 0.404 e. The van der Waals surface area contributed by atoms with E-state index in [1.807, 2.05) is 6.07 Å². The van der Waals surface area contributed by atoms with Crippen molar-refractivity contribution in [3.8, 4) is 6.07 Å². The monoisotopic (exact) mass is 575 g/mol. The van der Waals surface area contributed by atoms with Crippen molar-refractivity contribution >= 4 is 11.5 Å². The van der Waals surface area contributed by atoms with Crippen LogP contribution in [-0.2, 0) is 4.79 Å². The Kier molecular flexibility index (Phi) is 8.55. The second-order valence-corrected chi connectivity index (χ2v) is 11.5. The molecular weight excluding hydrogens is 543 g/mol. The molecule has 2 unspecified atom stereocenters. The van der Waals surface area contributed by atoms with E-state index in [9.17, 15) is 45.9 Å². The van der Waals surface area contributed by atoms with Crippen molar-refractivity contribution in [3.63, 3.8) is 0 Å². The van der Waals surface area contributed by atoms with Gasteiger partial charge in [-0.2, -0.15) is 31.6 Å². The molecular formula is C28H32F7N3O2. The van der Waals surface area contributed by atoms with Crippen LogP contribution in [0.15, 0.2) is 48.6 Å². The molecule has 0 radical (unpaired) electrons. The van der Waals surface area contributed by atoms with Gasteiger partial charge in [-0.1, -0.05) is 48.6 Å². The summed E-state index contributed by atoms with van der Waals surface area (Å²) in [5.74, 6) is -1.09. The second kappa shape index (κ2) is 10.8. The van der Waals surface area contributed by atoms with E-state index in [1.165, 1.54) is 12.2 Å². The third kappa shape index (κ3) is 7.43. The smallest absolute Gasteiger partial charge is 0.389 e. The predicted molar refractivity (Wildman–Crippen MR) is 134 cm³/mol. The van der Waals surface area contributed by atoms with Crippen molar-refractivity contribution in [2.75, 3.05) is 0 Å². The Bertz CT molecular complexity index is 1170. The fourth-order valence-electron chi connectivity index (χ4n) is 5.14. The standard InChI is InChI=1S/C28H32F7N3O2/c1-23(2,29)15-20(21(39)38-25(17-36)13-14-25)37-22(28(33,34)35)26(24(3,40)16-27(30,31)32)11-9-19(10-12-26)18-7-5-4-6-8-18/h4-11,20,22,37,40H,12-16H2,1-3H3,(H,38,39)/t20-,22?,24-,26?/m0/s1. The number of amides is 1. The Balaban J connectivity index is 2.10. The summed E-state index contributed by atoms with van der Waals surface area (Å²) >= 11 is 0. The normalized spacial score (nSPS) is 23.8. The van der Waals surface area contributed by atoms with Gasteiger partial charge < -0.3 is 10.4 Å². The number of aliphatic hydroxyl groups is 1. The number of nitrogens with one attached hydrogen (secondary N) is 2. The molecule has 0 aliphatic heterocycles. The fourth-order valence-corrected chi connectivity index (χ4v) is 5.14. The zero-order valence-electron chi connectivity index (χ0n) is 22.3. The van der Waals surface area contributed by atoms with Crippen LogP contribution in [0.5, 0.6) is 0 Å². The molecule has 0 saturated heterocycles. The van der Waals surface area contributed by atoms with E-state index in [1.54, 1.807) is 30.3 Å². The first-order valence-corrected chi connectivity index (χ1v) is 12.7. The molecule has 40 heavy (non-hydrogen) atoms. The highest BCUT2D eigenvalue weighted by Crippen LogP contribution is 2.52. The number of halogens is 7. The number of hydrogen-bond donors (Lipinski definition) is 3. The maximum atomic E-state index is 14.8. The molecule has 4 atom stereocenters. The summed E-state index contributed by atoms with van der Waals surface area (Å²) in [6.07, 6.45) is -9.82. The number of carbonyl (C=O) groups excluding carboxylic acids is 1. The molecule has 1 fully saturated rings. The fraction of sp³-hybridized carbons (Fsp3) is 0.571. The number of nitrogens with zero attached hydrogens (tertiary/aromatic N) is 1. The maximum Gasteiger partial charge on any atom is 0.404 e. The third-order valence-corrected chi connectivity index (χ3v) is 7.42. The van der Waals surface area contributed by atoms with E-state index >= 15 is 0 Å². The zero-order chi connectivity index (χ0) is 30.2. The lowest BCUT2D eigenvalue weighted by Gasteiger charge is -2.51. The lowest BCUT2D eigenvalue weighted by molar-refractivity contribution is -0.235. The minimum atomic E-state index is -5.29. The molecule has 1 saturated carbocycles. The highest BCUT2D eigenvalue weighted by molar-refractivity contribution is 5.83. The highest BCUT2D eigenvalue weighted by Gasteiger charge is 2.63. The van der Waals surface area contributed by atoms with E-state index in [-0.39, 0.29) is 12.8 Å². The van der Waals surface area contributed by atoms with Gasteiger partial charge in [0.25, 0.3) is 0 Å². The molecule has 1 aromatic carbocycles. The Hall–Kier alpha value is -2.91. The number of nitriles is 1. The topological polar surface area (TPSA) is 85.2 Å². The van der Waals surface area contributed by atoms with Crippen molar-refractivity contribution in [1.82, 2.24) is 10.6 Å². The van der Waals surface area contributed by atoms with Crippen molar-refractivity contribution in [2.24, 2.45) is 5.41 Å². The summed E-state index contributed by atoms with van der Waals surface area (Å²) in [5.41, 5.74) is -8.08. The molecule has 0 bridgehead atoms. The van der Waals surface area contributed by atoms with Gasteiger partial charge >= 0.3 is 12.4 Å². The second-order valence-electron chi connectivity index (χ2n) is 11.5. The molecule has 12 heteroatoms. The van der Waals surface area contributed by atoms with Crippen molar-refractivity contribution < 1.29 is 40.6 Å². The number of hydrogen-bond acceptors (Lipinski definition) is 4. The minimum Gasteiger partial charge on any atom is -0.389 e. The molecule has 2 aliphatic rings. The van der Waals surface area contributed by atoms with Gasteiger partial charge in [0, 0.05) is 11.8 Å². The Morgan fingerprint density at radius 2 is 1.68 bits per heavy atom. The van der Waals surface area contributed by atoms with Crippen LogP contribution in [-0.4, -0.2) is 52.3 Å². The van der Waals surface area contributed by atoms with Gasteiger partial charge in [-0.3, -0.25) is 10.1 Å². The minimum absolute atomic E-state index is 0.254. The molecule has 0 heterocycles. The van der Waals surface area contributed by atoms with Crippen molar-refractivity contribution in [2.45, 2.75) is 94.1 Å². The highest BCUT2D eigenvalue weighted by atomic mass is 19.4. The van der Waals surface area contributed by atoms with Crippen LogP contribution < -0.4 is 10.6 Å². The van der Waals surface area contributed by atoms with Crippen LogP contribution >= 0.6 is 0 Å². The van der Waals surface area contributed by atoms with Gasteiger partial charge in [0.15, 0.2) is 0 Å². The molecule has 5 nitrogen and oxygen atoms in total. The number of rotatable bonds is 10. The Labute approximate surface area is 228 Å². The Morgan fingerprint density at radius 1 is 1.07 bits per heavy atom. The average molecular weight is 576 g/mol. The molecule has 2 aliphatic carbocycles. The van der Waals surface area contributed by atoms with Crippen LogP contribution in [0.4, 0.5) is 30.7 Å². The maximum absolute atomic E-state index is 14.8. The first-order chi connectivity index (χ1) is 18.2. The van der Waals surface area contributed by atoms with E-state index in [0.29, 0.717) is 18.1 Å². The van der Waals surface area contributed by atoms with Crippen LogP contribution in [0.3, 0.4) is 0 Å². The van der Waals surface area contributed by atoms with E-state index in [4.69, 9.17) is 0 Å². The van der Waals surface area contributed by atoms with Gasteiger partial charge in [-0.25, -0.2) is 4.39 Å². The van der Waals surface area contributed by atoms with Gasteiger partial charge in [-0.15, -0.1) is 0 Å². The summed E-state index contributed by atoms with van der Waals surface area (Å²) in [6, 6.07) is 5.50. The van der Waals surface area contributed by atoms with Crippen molar-refractivity contribution in [3.05, 3.63) is 54.1 Å². The summed E-state index contributed by atoms with van der Waals surface area (Å²) < 4.78 is 99.9. The number of benzene rings is 1. The first kappa shape index (κ1) is 31.6. The lowest BCUT2D eigenvalue weighted by atomic mass is 9.61. The number of carbonyl (C=O) groups is 1. The van der Waals surface area contributed by atoms with Crippen molar-refractivity contribution in [1.29, 1.82) is 5.26 Å². The summed E-state index contributed by atoms with van der Waals surface area (Å²) in [7, 11) is 0. The number of alkyl halides is 7. The van der Waals surface area contributed by atoms with Crippen LogP contribution in [0.25, 0.3) is 5.57 Å². The molecule has 0 aromatic heterocycles. The van der Waals surface area contributed by atoms with Gasteiger partial charge in [0.1, 0.15) is 17.2 Å². The average Bonchev–Trinajstić information content (AvgIpc) is 3.59. The quantitative estimate of drug-likeness (QED) is 0.303.